The molecule has 1 aromatic heterocycles. The van der Waals surface area contributed by atoms with Crippen LogP contribution in [0.2, 0.25) is 5.02 Å². The molecule has 0 spiro atoms. The average Bonchev–Trinajstić information content (AvgIpc) is 2.66. The lowest BCUT2D eigenvalue weighted by atomic mass is 10.2. The van der Waals surface area contributed by atoms with Crippen molar-refractivity contribution in [2.45, 2.75) is 19.6 Å². The maximum absolute atomic E-state index is 12.9. The highest BCUT2D eigenvalue weighted by Crippen LogP contribution is 2.33. The molecule has 2 heterocycles. The molecule has 5 nitrogen and oxygen atoms in total. The summed E-state index contributed by atoms with van der Waals surface area (Å²) in [6.45, 7) is 5.88. The molecule has 1 fully saturated rings. The molecule has 1 aliphatic heterocycles. The Morgan fingerprint density at radius 1 is 1.17 bits per heavy atom. The van der Waals surface area contributed by atoms with E-state index in [1.165, 1.54) is 5.56 Å². The van der Waals surface area contributed by atoms with Crippen LogP contribution >= 0.6 is 11.6 Å². The number of amides is 1. The summed E-state index contributed by atoms with van der Waals surface area (Å²) in [7, 11) is 0. The number of benzene rings is 1. The van der Waals surface area contributed by atoms with Crippen molar-refractivity contribution in [1.29, 1.82) is 0 Å². The zero-order chi connectivity index (χ0) is 21.0. The quantitative estimate of drug-likeness (QED) is 0.789. The van der Waals surface area contributed by atoms with Crippen molar-refractivity contribution in [2.24, 2.45) is 0 Å². The smallest absolute Gasteiger partial charge is 0.324 e. The van der Waals surface area contributed by atoms with Crippen molar-refractivity contribution in [3.8, 4) is 0 Å². The summed E-state index contributed by atoms with van der Waals surface area (Å²) in [6.07, 6.45) is -2.72. The summed E-state index contributed by atoms with van der Waals surface area (Å²) in [4.78, 5) is 20.9. The number of halogens is 4. The van der Waals surface area contributed by atoms with Gasteiger partial charge in [0, 0.05) is 44.6 Å². The molecule has 2 aromatic rings. The van der Waals surface area contributed by atoms with Gasteiger partial charge in [0.2, 0.25) is 5.91 Å². The lowest BCUT2D eigenvalue weighted by Gasteiger charge is -2.34. The fourth-order valence-electron chi connectivity index (χ4n) is 3.22. The van der Waals surface area contributed by atoms with Gasteiger partial charge in [-0.2, -0.15) is 13.2 Å². The second kappa shape index (κ2) is 9.11. The molecular weight excluding hydrogens is 405 g/mol. The number of aryl methyl sites for hydroxylation is 1. The molecule has 1 amide bonds. The van der Waals surface area contributed by atoms with Crippen LogP contribution < -0.4 is 5.32 Å². The number of carbonyl (C=O) groups is 1. The van der Waals surface area contributed by atoms with E-state index in [1.54, 1.807) is 6.20 Å². The van der Waals surface area contributed by atoms with Crippen LogP contribution in [0.15, 0.2) is 36.5 Å². The number of nitrogens with zero attached hydrogens (tertiary/aromatic N) is 3. The van der Waals surface area contributed by atoms with Gasteiger partial charge in [0.05, 0.1) is 22.8 Å². The molecule has 0 unspecified atom stereocenters. The van der Waals surface area contributed by atoms with Crippen molar-refractivity contribution in [1.82, 2.24) is 14.8 Å². The molecular formula is C20H22ClF3N4O. The van der Waals surface area contributed by atoms with Crippen molar-refractivity contribution in [3.05, 3.63) is 58.4 Å². The lowest BCUT2D eigenvalue weighted by Crippen LogP contribution is -2.48. The van der Waals surface area contributed by atoms with E-state index in [0.29, 0.717) is 13.1 Å². The predicted molar refractivity (Wildman–Crippen MR) is 106 cm³/mol. The number of hydrogen-bond acceptors (Lipinski definition) is 4. The minimum atomic E-state index is -4.49. The molecule has 0 atom stereocenters. The number of carbonyl (C=O) groups excluding carboxylic acids is 1. The largest absolute Gasteiger partial charge is 0.416 e. The van der Waals surface area contributed by atoms with Gasteiger partial charge in [-0.05, 0) is 36.8 Å². The zero-order valence-electron chi connectivity index (χ0n) is 16.0. The first-order chi connectivity index (χ1) is 13.7. The van der Waals surface area contributed by atoms with Crippen LogP contribution in [0.25, 0.3) is 0 Å². The molecule has 1 N–H and O–H groups in total. The summed E-state index contributed by atoms with van der Waals surface area (Å²) in [5.41, 5.74) is 1.30. The summed E-state index contributed by atoms with van der Waals surface area (Å²) in [6, 6.07) is 6.86. The maximum atomic E-state index is 12.9. The molecule has 29 heavy (non-hydrogen) atoms. The first-order valence-electron chi connectivity index (χ1n) is 9.24. The molecule has 0 bridgehead atoms. The van der Waals surface area contributed by atoms with Gasteiger partial charge in [-0.1, -0.05) is 17.7 Å². The van der Waals surface area contributed by atoms with Gasteiger partial charge < -0.3 is 5.32 Å². The monoisotopic (exact) mass is 426 g/mol. The predicted octanol–water partition coefficient (Wildman–Crippen LogP) is 3.82. The Balaban J connectivity index is 1.51. The molecule has 156 valence electrons. The number of nitrogens with one attached hydrogen (secondary N) is 1. The van der Waals surface area contributed by atoms with E-state index in [-0.39, 0.29) is 23.2 Å². The first kappa shape index (κ1) is 21.5. The highest BCUT2D eigenvalue weighted by molar-refractivity contribution is 6.33. The minimum absolute atomic E-state index is 0.0304. The van der Waals surface area contributed by atoms with E-state index in [4.69, 9.17) is 11.6 Å². The Bertz CT molecular complexity index is 867. The second-order valence-electron chi connectivity index (χ2n) is 7.04. The molecule has 0 radical (unpaired) electrons. The summed E-state index contributed by atoms with van der Waals surface area (Å²) < 4.78 is 38.6. The maximum Gasteiger partial charge on any atom is 0.416 e. The van der Waals surface area contributed by atoms with E-state index < -0.39 is 11.7 Å². The number of anilines is 1. The Labute approximate surface area is 172 Å². The normalized spacial score (nSPS) is 16.0. The van der Waals surface area contributed by atoms with Crippen molar-refractivity contribution >= 4 is 23.2 Å². The molecule has 1 aliphatic rings. The Morgan fingerprint density at radius 2 is 1.86 bits per heavy atom. The van der Waals surface area contributed by atoms with Gasteiger partial charge in [0.25, 0.3) is 0 Å². The first-order valence-corrected chi connectivity index (χ1v) is 9.62. The topological polar surface area (TPSA) is 48.5 Å². The minimum Gasteiger partial charge on any atom is -0.324 e. The third kappa shape index (κ3) is 5.91. The third-order valence-electron chi connectivity index (χ3n) is 4.91. The van der Waals surface area contributed by atoms with Gasteiger partial charge in [0.1, 0.15) is 0 Å². The fourth-order valence-corrected chi connectivity index (χ4v) is 3.39. The standard InChI is InChI=1S/C20H22ClF3N4O/c1-14-15(3-2-6-25-14)12-27-7-9-28(10-8-27)13-19(29)26-18-11-16(20(22,23)24)4-5-17(18)21/h2-6,11H,7-10,12-13H2,1H3,(H,26,29). The molecule has 0 saturated carbocycles. The highest BCUT2D eigenvalue weighted by atomic mass is 35.5. The van der Waals surface area contributed by atoms with Crippen molar-refractivity contribution in [2.75, 3.05) is 38.0 Å². The van der Waals surface area contributed by atoms with E-state index in [2.05, 4.69) is 21.3 Å². The summed E-state index contributed by atoms with van der Waals surface area (Å²) >= 11 is 5.93. The number of pyridine rings is 1. The Kier molecular flexibility index (Phi) is 6.77. The fraction of sp³-hybridized carbons (Fsp3) is 0.400. The van der Waals surface area contributed by atoms with Crippen LogP contribution in [-0.4, -0.2) is 53.4 Å². The van der Waals surface area contributed by atoms with E-state index >= 15 is 0 Å². The van der Waals surface area contributed by atoms with Gasteiger partial charge >= 0.3 is 6.18 Å². The van der Waals surface area contributed by atoms with Crippen LogP contribution in [0.3, 0.4) is 0 Å². The molecule has 3 rings (SSSR count). The Morgan fingerprint density at radius 3 is 2.52 bits per heavy atom. The van der Waals surface area contributed by atoms with Crippen LogP contribution in [0, 0.1) is 6.92 Å². The molecule has 0 aliphatic carbocycles. The summed E-state index contributed by atoms with van der Waals surface area (Å²) in [5.74, 6) is -0.386. The average molecular weight is 427 g/mol. The SMILES string of the molecule is Cc1ncccc1CN1CCN(CC(=O)Nc2cc(C(F)(F)F)ccc2Cl)CC1. The van der Waals surface area contributed by atoms with E-state index in [9.17, 15) is 18.0 Å². The van der Waals surface area contributed by atoms with Gasteiger partial charge in [-0.15, -0.1) is 0 Å². The van der Waals surface area contributed by atoms with Crippen LogP contribution in [0.4, 0.5) is 18.9 Å². The number of piperazine rings is 1. The van der Waals surface area contributed by atoms with Crippen LogP contribution in [0.5, 0.6) is 0 Å². The Hall–Kier alpha value is -2.16. The van der Waals surface area contributed by atoms with E-state index in [0.717, 1.165) is 43.5 Å². The molecule has 1 saturated heterocycles. The number of hydrogen-bond donors (Lipinski definition) is 1. The van der Waals surface area contributed by atoms with Crippen molar-refractivity contribution < 1.29 is 18.0 Å². The van der Waals surface area contributed by atoms with Crippen LogP contribution in [0.1, 0.15) is 16.8 Å². The lowest BCUT2D eigenvalue weighted by molar-refractivity contribution is -0.137. The molecule has 9 heteroatoms. The summed E-state index contributed by atoms with van der Waals surface area (Å²) in [5, 5.41) is 2.57. The number of rotatable bonds is 5. The van der Waals surface area contributed by atoms with Crippen molar-refractivity contribution in [3.63, 3.8) is 0 Å². The highest BCUT2D eigenvalue weighted by Gasteiger charge is 2.31. The van der Waals surface area contributed by atoms with Gasteiger partial charge in [-0.25, -0.2) is 0 Å². The van der Waals surface area contributed by atoms with Gasteiger partial charge in [0.15, 0.2) is 0 Å². The molecule has 1 aromatic carbocycles. The third-order valence-corrected chi connectivity index (χ3v) is 5.24. The number of aromatic nitrogens is 1. The van der Waals surface area contributed by atoms with Gasteiger partial charge in [-0.3, -0.25) is 19.6 Å². The second-order valence-corrected chi connectivity index (χ2v) is 7.45. The van der Waals surface area contributed by atoms with Crippen LogP contribution in [-0.2, 0) is 17.5 Å². The van der Waals surface area contributed by atoms with E-state index in [1.807, 2.05) is 17.9 Å². The zero-order valence-corrected chi connectivity index (χ0v) is 16.7. The number of alkyl halides is 3.